The van der Waals surface area contributed by atoms with Crippen molar-refractivity contribution in [1.82, 2.24) is 15.3 Å². The Morgan fingerprint density at radius 3 is 2.32 bits per heavy atom. The van der Waals surface area contributed by atoms with Gasteiger partial charge in [0.1, 0.15) is 5.82 Å². The number of nitrogens with zero attached hydrogens (tertiary/aromatic N) is 3. The lowest BCUT2D eigenvalue weighted by Gasteiger charge is -2.30. The average molecular weight is 464 g/mol. The van der Waals surface area contributed by atoms with E-state index >= 15 is 0 Å². The maximum absolute atomic E-state index is 5.77. The van der Waals surface area contributed by atoms with Gasteiger partial charge >= 0.3 is 0 Å². The zero-order valence-electron chi connectivity index (χ0n) is 20.8. The van der Waals surface area contributed by atoms with Gasteiger partial charge in [-0.3, -0.25) is 0 Å². The molecule has 2 aromatic carbocycles. The number of hydrogen-bond acceptors (Lipinski definition) is 7. The normalized spacial score (nSPS) is 18.0. The van der Waals surface area contributed by atoms with Crippen LogP contribution in [0.3, 0.4) is 0 Å². The van der Waals surface area contributed by atoms with Crippen molar-refractivity contribution in [3.63, 3.8) is 0 Å². The maximum atomic E-state index is 5.77. The third-order valence-electron chi connectivity index (χ3n) is 6.27. The monoisotopic (exact) mass is 463 g/mol. The Morgan fingerprint density at radius 2 is 1.59 bits per heavy atom. The highest BCUT2D eigenvalue weighted by Crippen LogP contribution is 2.29. The molecule has 3 aromatic rings. The predicted octanol–water partition coefficient (Wildman–Crippen LogP) is 5.01. The second kappa shape index (κ2) is 11.4. The van der Waals surface area contributed by atoms with Crippen molar-refractivity contribution >= 4 is 22.7 Å². The van der Waals surface area contributed by atoms with E-state index in [4.69, 9.17) is 19.4 Å². The van der Waals surface area contributed by atoms with Crippen LogP contribution in [0.4, 0.5) is 11.8 Å². The van der Waals surface area contributed by atoms with Gasteiger partial charge < -0.3 is 25.0 Å². The minimum atomic E-state index is 0.393. The summed E-state index contributed by atoms with van der Waals surface area (Å²) >= 11 is 0. The Kier molecular flexibility index (Phi) is 8.06. The highest BCUT2D eigenvalue weighted by molar-refractivity contribution is 5.90. The third-order valence-corrected chi connectivity index (χ3v) is 6.27. The number of fused-ring (bicyclic) bond motifs is 1. The molecule has 7 nitrogen and oxygen atoms in total. The number of nitrogens with one attached hydrogen (secondary N) is 2. The molecule has 0 amide bonds. The summed E-state index contributed by atoms with van der Waals surface area (Å²) in [7, 11) is 4.05. The first kappa shape index (κ1) is 24.1. The van der Waals surface area contributed by atoms with Crippen LogP contribution in [0, 0.1) is 0 Å². The van der Waals surface area contributed by atoms with E-state index in [1.807, 2.05) is 57.1 Å². The molecular weight excluding hydrogens is 426 g/mol. The van der Waals surface area contributed by atoms with Gasteiger partial charge in [0.15, 0.2) is 11.5 Å². The number of aromatic nitrogens is 2. The number of anilines is 2. The van der Waals surface area contributed by atoms with Gasteiger partial charge in [-0.2, -0.15) is 4.98 Å². The standard InChI is InChI=1S/C27H37N5O2/c1-5-33-24-16-11-19(17-25(24)34-6-2)18-28-20-12-14-21(15-13-20)29-27-30-23-10-8-7-9-22(23)26(31-27)32(3)4/h7-11,16-17,20-21,28H,5-6,12-15,18H2,1-4H3,(H,29,30,31). The Labute approximate surface area is 202 Å². The smallest absolute Gasteiger partial charge is 0.225 e. The molecule has 34 heavy (non-hydrogen) atoms. The van der Waals surface area contributed by atoms with Crippen molar-refractivity contribution in [3.8, 4) is 11.5 Å². The molecule has 1 aliphatic carbocycles. The van der Waals surface area contributed by atoms with E-state index in [-0.39, 0.29) is 0 Å². The molecule has 1 aromatic heterocycles. The van der Waals surface area contributed by atoms with Crippen LogP contribution in [-0.4, -0.2) is 49.4 Å². The van der Waals surface area contributed by atoms with Gasteiger partial charge in [0.25, 0.3) is 0 Å². The predicted molar refractivity (Wildman–Crippen MR) is 139 cm³/mol. The maximum Gasteiger partial charge on any atom is 0.225 e. The quantitative estimate of drug-likeness (QED) is 0.438. The fraction of sp³-hybridized carbons (Fsp3) is 0.481. The first-order valence-electron chi connectivity index (χ1n) is 12.4. The Hall–Kier alpha value is -3.06. The number of rotatable bonds is 10. The molecule has 1 heterocycles. The zero-order valence-corrected chi connectivity index (χ0v) is 20.8. The van der Waals surface area contributed by atoms with Crippen LogP contribution in [0.15, 0.2) is 42.5 Å². The van der Waals surface area contributed by atoms with Crippen LogP contribution >= 0.6 is 0 Å². The van der Waals surface area contributed by atoms with Crippen LogP contribution in [0.2, 0.25) is 0 Å². The number of hydrogen-bond donors (Lipinski definition) is 2. The molecule has 0 atom stereocenters. The zero-order chi connectivity index (χ0) is 23.9. The van der Waals surface area contributed by atoms with Crippen LogP contribution < -0.4 is 25.0 Å². The second-order valence-electron chi connectivity index (χ2n) is 9.00. The fourth-order valence-corrected chi connectivity index (χ4v) is 4.56. The van der Waals surface area contributed by atoms with E-state index in [0.717, 1.165) is 66.4 Å². The Balaban J connectivity index is 1.31. The summed E-state index contributed by atoms with van der Waals surface area (Å²) in [5, 5.41) is 8.40. The fourth-order valence-electron chi connectivity index (χ4n) is 4.56. The molecular formula is C27H37N5O2. The van der Waals surface area contributed by atoms with Gasteiger partial charge in [0.05, 0.1) is 18.7 Å². The van der Waals surface area contributed by atoms with Crippen molar-refractivity contribution < 1.29 is 9.47 Å². The molecule has 2 N–H and O–H groups in total. The molecule has 0 spiro atoms. The van der Waals surface area contributed by atoms with Crippen molar-refractivity contribution in [2.24, 2.45) is 0 Å². The summed E-state index contributed by atoms with van der Waals surface area (Å²) in [5.41, 5.74) is 2.19. The van der Waals surface area contributed by atoms with Crippen molar-refractivity contribution in [2.45, 2.75) is 58.2 Å². The van der Waals surface area contributed by atoms with E-state index < -0.39 is 0 Å². The highest BCUT2D eigenvalue weighted by Gasteiger charge is 2.22. The van der Waals surface area contributed by atoms with Crippen LogP contribution in [0.25, 0.3) is 10.9 Å². The van der Waals surface area contributed by atoms with Gasteiger partial charge in [0.2, 0.25) is 5.95 Å². The van der Waals surface area contributed by atoms with Gasteiger partial charge in [-0.25, -0.2) is 4.98 Å². The SMILES string of the molecule is CCOc1ccc(CNC2CCC(Nc3nc(N(C)C)c4ccccc4n3)CC2)cc1OCC. The number of benzene rings is 2. The molecule has 0 saturated heterocycles. The lowest BCUT2D eigenvalue weighted by Crippen LogP contribution is -2.37. The van der Waals surface area contributed by atoms with E-state index in [9.17, 15) is 0 Å². The van der Waals surface area contributed by atoms with E-state index in [1.165, 1.54) is 5.56 Å². The first-order chi connectivity index (χ1) is 16.6. The first-order valence-corrected chi connectivity index (χ1v) is 12.4. The summed E-state index contributed by atoms with van der Waals surface area (Å²) in [6.45, 7) is 6.08. The van der Waals surface area contributed by atoms with Crippen molar-refractivity contribution in [2.75, 3.05) is 37.5 Å². The number of ether oxygens (including phenoxy) is 2. The minimum Gasteiger partial charge on any atom is -0.490 e. The summed E-state index contributed by atoms with van der Waals surface area (Å²) in [6.07, 6.45) is 4.44. The summed E-state index contributed by atoms with van der Waals surface area (Å²) < 4.78 is 11.4. The van der Waals surface area contributed by atoms with Gasteiger partial charge in [-0.1, -0.05) is 18.2 Å². The van der Waals surface area contributed by atoms with Crippen LogP contribution in [0.1, 0.15) is 45.1 Å². The second-order valence-corrected chi connectivity index (χ2v) is 9.00. The largest absolute Gasteiger partial charge is 0.490 e. The molecule has 7 heteroatoms. The van der Waals surface area contributed by atoms with Crippen molar-refractivity contribution in [3.05, 3.63) is 48.0 Å². The molecule has 1 aliphatic rings. The summed E-state index contributed by atoms with van der Waals surface area (Å²) in [4.78, 5) is 11.6. The molecule has 4 rings (SSSR count). The van der Waals surface area contributed by atoms with Gasteiger partial charge in [0, 0.05) is 38.1 Å². The lowest BCUT2D eigenvalue weighted by molar-refractivity contribution is 0.287. The molecule has 1 fully saturated rings. The highest BCUT2D eigenvalue weighted by atomic mass is 16.5. The lowest BCUT2D eigenvalue weighted by atomic mass is 9.91. The third kappa shape index (κ3) is 5.89. The Morgan fingerprint density at radius 1 is 0.882 bits per heavy atom. The molecule has 0 aliphatic heterocycles. The minimum absolute atomic E-state index is 0.393. The molecule has 0 unspecified atom stereocenters. The van der Waals surface area contributed by atoms with Gasteiger partial charge in [-0.05, 0) is 69.4 Å². The molecule has 182 valence electrons. The molecule has 1 saturated carbocycles. The van der Waals surface area contributed by atoms with E-state index in [2.05, 4.69) is 28.8 Å². The topological polar surface area (TPSA) is 71.5 Å². The van der Waals surface area contributed by atoms with Gasteiger partial charge in [-0.15, -0.1) is 0 Å². The Bertz CT molecular complexity index is 1080. The van der Waals surface area contributed by atoms with Crippen LogP contribution in [0.5, 0.6) is 11.5 Å². The summed E-state index contributed by atoms with van der Waals surface area (Å²) in [5.74, 6) is 3.30. The average Bonchev–Trinajstić information content (AvgIpc) is 2.84. The molecule has 0 bridgehead atoms. The number of para-hydroxylation sites is 1. The van der Waals surface area contributed by atoms with E-state index in [1.54, 1.807) is 0 Å². The van der Waals surface area contributed by atoms with Crippen molar-refractivity contribution in [1.29, 1.82) is 0 Å². The van der Waals surface area contributed by atoms with Crippen LogP contribution in [-0.2, 0) is 6.54 Å². The van der Waals surface area contributed by atoms with E-state index in [0.29, 0.717) is 25.3 Å². The summed E-state index contributed by atoms with van der Waals surface area (Å²) in [6, 6.07) is 15.3. The molecule has 0 radical (unpaired) electrons.